The van der Waals surface area contributed by atoms with Crippen molar-refractivity contribution >= 4 is 74.8 Å². The van der Waals surface area contributed by atoms with E-state index in [1.807, 2.05) is 0 Å². The summed E-state index contributed by atoms with van der Waals surface area (Å²) in [5.74, 6) is 0. The van der Waals surface area contributed by atoms with E-state index < -0.39 is 20.2 Å². The first-order chi connectivity index (χ1) is 11.0. The number of hydrogen-bond donors (Lipinski definition) is 2. The van der Waals surface area contributed by atoms with Crippen molar-refractivity contribution in [1.82, 2.24) is 0 Å². The molecule has 2 N–H and O–H groups in total. The topological polar surface area (TPSA) is 109 Å². The number of rotatable bonds is 4. The Balaban J connectivity index is 2.59. The van der Waals surface area contributed by atoms with Gasteiger partial charge in [-0.25, -0.2) is 0 Å². The summed E-state index contributed by atoms with van der Waals surface area (Å²) >= 11 is 2.40. The van der Waals surface area contributed by atoms with Gasteiger partial charge < -0.3 is 0 Å². The maximum absolute atomic E-state index is 11.5. The summed E-state index contributed by atoms with van der Waals surface area (Å²) in [4.78, 5) is -0.519. The average molecular weight is 492 g/mol. The second kappa shape index (κ2) is 7.16. The molecular weight excluding hydrogens is 478 g/mol. The first-order valence-corrected chi connectivity index (χ1v) is 11.7. The standard InChI is InChI=1S/C14H14As2O6S2/c15-11-5-3-9(13(7-11)23(17,18)19)1-2-10-4-6-12(16)8-14(10)24(20,21)22/h1-8H,15-16H2,(H,17,18,19)(H,20,21,22). The summed E-state index contributed by atoms with van der Waals surface area (Å²) in [7, 11) is -8.82. The molecule has 2 unspecified atom stereocenters. The van der Waals surface area contributed by atoms with Gasteiger partial charge in [-0.3, -0.25) is 0 Å². The van der Waals surface area contributed by atoms with Crippen LogP contribution in [0.25, 0.3) is 12.2 Å². The Labute approximate surface area is 157 Å². The van der Waals surface area contributed by atoms with Crippen molar-refractivity contribution in [3.63, 3.8) is 0 Å². The molecule has 0 heterocycles. The molecule has 0 radical (unpaired) electrons. The summed E-state index contributed by atoms with van der Waals surface area (Å²) in [5.41, 5.74) is 0.426. The van der Waals surface area contributed by atoms with E-state index in [1.165, 1.54) is 70.1 Å². The second-order valence-electron chi connectivity index (χ2n) is 4.88. The van der Waals surface area contributed by atoms with Crippen LogP contribution in [0.3, 0.4) is 0 Å². The molecule has 10 heteroatoms. The van der Waals surface area contributed by atoms with Gasteiger partial charge in [0.05, 0.1) is 0 Å². The zero-order valence-corrected chi connectivity index (χ0v) is 18.6. The Hall–Kier alpha value is -0.883. The first kappa shape index (κ1) is 19.4. The molecule has 6 nitrogen and oxygen atoms in total. The van der Waals surface area contributed by atoms with Gasteiger partial charge >= 0.3 is 158 Å². The second-order valence-corrected chi connectivity index (χ2v) is 10.5. The predicted octanol–water partition coefficient (Wildman–Crippen LogP) is -1.13. The third kappa shape index (κ3) is 4.82. The van der Waals surface area contributed by atoms with Crippen LogP contribution < -0.4 is 8.70 Å². The van der Waals surface area contributed by atoms with Crippen molar-refractivity contribution in [3.8, 4) is 0 Å². The average Bonchev–Trinajstić information content (AvgIpc) is 2.45. The van der Waals surface area contributed by atoms with Gasteiger partial charge in [-0.2, -0.15) is 0 Å². The molecule has 2 atom stereocenters. The fraction of sp³-hybridized carbons (Fsp3) is 0. The molecule has 2 aromatic rings. The molecular formula is C14H14As2O6S2. The third-order valence-corrected chi connectivity index (χ3v) is 6.40. The van der Waals surface area contributed by atoms with E-state index in [1.54, 1.807) is 12.1 Å². The van der Waals surface area contributed by atoms with Crippen LogP contribution in [0.2, 0.25) is 0 Å². The van der Waals surface area contributed by atoms with Crippen LogP contribution >= 0.6 is 0 Å². The van der Waals surface area contributed by atoms with Crippen LogP contribution in [-0.4, -0.2) is 59.6 Å². The minimum absolute atomic E-state index is 0.213. The van der Waals surface area contributed by atoms with E-state index in [0.29, 0.717) is 8.70 Å². The van der Waals surface area contributed by atoms with Gasteiger partial charge in [0, 0.05) is 0 Å². The quantitative estimate of drug-likeness (QED) is 0.318. The number of hydrogen-bond acceptors (Lipinski definition) is 4. The van der Waals surface area contributed by atoms with E-state index in [0.717, 1.165) is 0 Å². The Morgan fingerprint density at radius 1 is 0.708 bits per heavy atom. The molecule has 24 heavy (non-hydrogen) atoms. The summed E-state index contributed by atoms with van der Waals surface area (Å²) in [6, 6.07) is 9.10. The van der Waals surface area contributed by atoms with Gasteiger partial charge in [-0.05, 0) is 0 Å². The van der Waals surface area contributed by atoms with Gasteiger partial charge in [-0.15, -0.1) is 0 Å². The molecule has 0 fully saturated rings. The Kier molecular flexibility index (Phi) is 5.80. The van der Waals surface area contributed by atoms with Gasteiger partial charge in [0.15, 0.2) is 0 Å². The van der Waals surface area contributed by atoms with Crippen molar-refractivity contribution in [1.29, 1.82) is 0 Å². The third-order valence-electron chi connectivity index (χ3n) is 3.07. The zero-order chi connectivity index (χ0) is 18.1. The van der Waals surface area contributed by atoms with Crippen molar-refractivity contribution in [2.75, 3.05) is 0 Å². The van der Waals surface area contributed by atoms with Gasteiger partial charge in [0.25, 0.3) is 0 Å². The van der Waals surface area contributed by atoms with Crippen molar-refractivity contribution < 1.29 is 25.9 Å². The van der Waals surface area contributed by atoms with Gasteiger partial charge in [0.2, 0.25) is 0 Å². The van der Waals surface area contributed by atoms with Crippen LogP contribution in [0, 0.1) is 0 Å². The SMILES string of the molecule is O=S(=O)(O)c1cc([AsH2])ccc1C=Cc1ccc([AsH2])cc1S(=O)(=O)O. The fourth-order valence-corrected chi connectivity index (χ4v) is 5.05. The molecule has 0 aliphatic heterocycles. The van der Waals surface area contributed by atoms with E-state index in [9.17, 15) is 25.9 Å². The Morgan fingerprint density at radius 3 is 1.33 bits per heavy atom. The van der Waals surface area contributed by atoms with Crippen LogP contribution in [0.5, 0.6) is 0 Å². The molecule has 0 saturated heterocycles. The van der Waals surface area contributed by atoms with E-state index in [4.69, 9.17) is 0 Å². The molecule has 2 rings (SSSR count). The fourth-order valence-electron chi connectivity index (χ4n) is 2.00. The van der Waals surface area contributed by atoms with E-state index >= 15 is 0 Å². The monoisotopic (exact) mass is 492 g/mol. The first-order valence-electron chi connectivity index (χ1n) is 6.40. The molecule has 0 bridgehead atoms. The molecule has 2 aromatic carbocycles. The molecule has 128 valence electrons. The van der Waals surface area contributed by atoms with Gasteiger partial charge in [0.1, 0.15) is 0 Å². The van der Waals surface area contributed by atoms with Crippen molar-refractivity contribution in [2.24, 2.45) is 0 Å². The summed E-state index contributed by atoms with van der Waals surface area (Å²) in [6.45, 7) is 0. The van der Waals surface area contributed by atoms with E-state index in [2.05, 4.69) is 0 Å². The molecule has 0 saturated carbocycles. The normalized spacial score (nSPS) is 12.7. The summed E-state index contributed by atoms with van der Waals surface area (Å²) in [6.07, 6.45) is 2.75. The predicted molar refractivity (Wildman–Crippen MR) is 97.8 cm³/mol. The summed E-state index contributed by atoms with van der Waals surface area (Å²) in [5, 5.41) is 0. The molecule has 0 aliphatic rings. The molecule has 0 aliphatic carbocycles. The van der Waals surface area contributed by atoms with Crippen molar-refractivity contribution in [3.05, 3.63) is 47.5 Å². The Morgan fingerprint density at radius 2 is 1.04 bits per heavy atom. The Bertz CT molecular complexity index is 944. The maximum atomic E-state index is 11.5. The van der Waals surface area contributed by atoms with E-state index in [-0.39, 0.29) is 20.9 Å². The van der Waals surface area contributed by atoms with Gasteiger partial charge in [-0.1, -0.05) is 0 Å². The molecule has 0 amide bonds. The summed E-state index contributed by atoms with van der Waals surface area (Å²) < 4.78 is 66.0. The number of benzene rings is 2. The van der Waals surface area contributed by atoms with Crippen LogP contribution in [0.1, 0.15) is 11.1 Å². The van der Waals surface area contributed by atoms with Crippen LogP contribution in [0.4, 0.5) is 0 Å². The van der Waals surface area contributed by atoms with Crippen LogP contribution in [0.15, 0.2) is 46.2 Å². The van der Waals surface area contributed by atoms with Crippen molar-refractivity contribution in [2.45, 2.75) is 9.79 Å². The van der Waals surface area contributed by atoms with Crippen LogP contribution in [-0.2, 0) is 20.2 Å². The molecule has 0 spiro atoms. The zero-order valence-electron chi connectivity index (χ0n) is 12.1. The molecule has 0 aromatic heterocycles. The minimum atomic E-state index is -4.41.